The van der Waals surface area contributed by atoms with Crippen molar-refractivity contribution in [1.82, 2.24) is 10.6 Å². The summed E-state index contributed by atoms with van der Waals surface area (Å²) in [7, 11) is 0. The highest BCUT2D eigenvalue weighted by Gasteiger charge is 2.27. The molecular weight excluding hydrogens is 240 g/mol. The lowest BCUT2D eigenvalue weighted by Crippen LogP contribution is -2.52. The maximum absolute atomic E-state index is 12.1. The highest BCUT2D eigenvalue weighted by Crippen LogP contribution is 2.24. The molecule has 0 aromatic rings. The van der Waals surface area contributed by atoms with E-state index in [1.54, 1.807) is 0 Å². The Labute approximate surface area is 117 Å². The Morgan fingerprint density at radius 1 is 1.26 bits per heavy atom. The first-order valence-electron chi connectivity index (χ1n) is 7.79. The molecule has 1 rings (SSSR count). The van der Waals surface area contributed by atoms with Crippen LogP contribution >= 0.6 is 0 Å². The number of aliphatic hydroxyl groups excluding tert-OH is 1. The van der Waals surface area contributed by atoms with Crippen molar-refractivity contribution in [1.29, 1.82) is 0 Å². The van der Waals surface area contributed by atoms with E-state index in [-0.39, 0.29) is 30.6 Å². The summed E-state index contributed by atoms with van der Waals surface area (Å²) in [5.74, 6) is 0.383. The quantitative estimate of drug-likeness (QED) is 0.661. The van der Waals surface area contributed by atoms with E-state index in [0.29, 0.717) is 5.92 Å². The second-order valence-corrected chi connectivity index (χ2v) is 5.74. The molecule has 0 aliphatic heterocycles. The predicted molar refractivity (Wildman–Crippen MR) is 77.9 cm³/mol. The minimum Gasteiger partial charge on any atom is -0.396 e. The molecular formula is C15H30N2O2. The molecule has 1 fully saturated rings. The lowest BCUT2D eigenvalue weighted by Gasteiger charge is -2.33. The van der Waals surface area contributed by atoms with Crippen molar-refractivity contribution in [3.8, 4) is 0 Å². The number of amides is 1. The van der Waals surface area contributed by atoms with Gasteiger partial charge in [-0.2, -0.15) is 0 Å². The van der Waals surface area contributed by atoms with Crippen LogP contribution < -0.4 is 10.6 Å². The Balaban J connectivity index is 2.43. The Kier molecular flexibility index (Phi) is 7.39. The van der Waals surface area contributed by atoms with E-state index in [2.05, 4.69) is 24.5 Å². The van der Waals surface area contributed by atoms with Gasteiger partial charge in [0.25, 0.3) is 0 Å². The van der Waals surface area contributed by atoms with Gasteiger partial charge in [0.15, 0.2) is 0 Å². The molecule has 1 saturated carbocycles. The maximum Gasteiger partial charge on any atom is 0.237 e. The van der Waals surface area contributed by atoms with Crippen LogP contribution in [0.5, 0.6) is 0 Å². The molecule has 0 heterocycles. The van der Waals surface area contributed by atoms with Crippen LogP contribution in [0, 0.1) is 5.92 Å². The third-order valence-electron chi connectivity index (χ3n) is 4.33. The van der Waals surface area contributed by atoms with Crippen LogP contribution in [0.15, 0.2) is 0 Å². The third-order valence-corrected chi connectivity index (χ3v) is 4.33. The van der Waals surface area contributed by atoms with Gasteiger partial charge >= 0.3 is 0 Å². The smallest absolute Gasteiger partial charge is 0.237 e. The van der Waals surface area contributed by atoms with Crippen LogP contribution in [0.4, 0.5) is 0 Å². The van der Waals surface area contributed by atoms with Gasteiger partial charge in [-0.25, -0.2) is 0 Å². The molecule has 0 aromatic carbocycles. The fraction of sp³-hybridized carbons (Fsp3) is 0.933. The van der Waals surface area contributed by atoms with Crippen LogP contribution in [0.25, 0.3) is 0 Å². The maximum atomic E-state index is 12.1. The van der Waals surface area contributed by atoms with Crippen LogP contribution in [-0.2, 0) is 4.79 Å². The zero-order chi connectivity index (χ0) is 14.3. The van der Waals surface area contributed by atoms with E-state index in [1.807, 2.05) is 6.92 Å². The first-order chi connectivity index (χ1) is 9.12. The number of rotatable bonds is 7. The van der Waals surface area contributed by atoms with Crippen molar-refractivity contribution in [2.45, 2.75) is 77.4 Å². The summed E-state index contributed by atoms with van der Waals surface area (Å²) < 4.78 is 0. The average Bonchev–Trinajstić information content (AvgIpc) is 2.44. The van der Waals surface area contributed by atoms with Crippen molar-refractivity contribution in [3.63, 3.8) is 0 Å². The molecule has 3 unspecified atom stereocenters. The van der Waals surface area contributed by atoms with Crippen molar-refractivity contribution < 1.29 is 9.90 Å². The first-order valence-corrected chi connectivity index (χ1v) is 7.79. The van der Waals surface area contributed by atoms with Gasteiger partial charge in [0.1, 0.15) is 0 Å². The number of nitrogens with one attached hydrogen (secondary N) is 2. The van der Waals surface area contributed by atoms with Gasteiger partial charge in [0.2, 0.25) is 5.91 Å². The molecule has 3 atom stereocenters. The van der Waals surface area contributed by atoms with Gasteiger partial charge < -0.3 is 15.7 Å². The number of carbonyl (C=O) groups excluding carboxylic acids is 1. The molecule has 4 nitrogen and oxygen atoms in total. The Morgan fingerprint density at radius 2 is 1.89 bits per heavy atom. The van der Waals surface area contributed by atoms with Gasteiger partial charge in [-0.15, -0.1) is 0 Å². The Bertz CT molecular complexity index is 267. The molecule has 0 radical (unpaired) electrons. The number of carbonyl (C=O) groups is 1. The normalized spacial score (nSPS) is 25.3. The molecule has 0 bridgehead atoms. The monoisotopic (exact) mass is 270 g/mol. The fourth-order valence-electron chi connectivity index (χ4n) is 2.86. The van der Waals surface area contributed by atoms with Gasteiger partial charge in [-0.3, -0.25) is 4.79 Å². The Morgan fingerprint density at radius 3 is 2.47 bits per heavy atom. The molecule has 0 aromatic heterocycles. The molecule has 112 valence electrons. The molecule has 0 spiro atoms. The summed E-state index contributed by atoms with van der Waals surface area (Å²) in [6.45, 7) is 6.32. The minimum atomic E-state index is -0.183. The second-order valence-electron chi connectivity index (χ2n) is 5.74. The van der Waals surface area contributed by atoms with Crippen LogP contribution in [0.1, 0.15) is 59.3 Å². The molecule has 19 heavy (non-hydrogen) atoms. The van der Waals surface area contributed by atoms with E-state index in [9.17, 15) is 9.90 Å². The summed E-state index contributed by atoms with van der Waals surface area (Å²) in [6.07, 6.45) is 6.45. The summed E-state index contributed by atoms with van der Waals surface area (Å²) >= 11 is 0. The number of aliphatic hydroxyl groups is 1. The van der Waals surface area contributed by atoms with E-state index in [1.165, 1.54) is 12.8 Å². The number of hydrogen-bond acceptors (Lipinski definition) is 3. The SMILES string of the molecule is CCC(CC)NC(=O)C(C)NC1CCCCC1CO. The van der Waals surface area contributed by atoms with E-state index < -0.39 is 0 Å². The second kappa shape index (κ2) is 8.54. The summed E-state index contributed by atoms with van der Waals surface area (Å²) in [4.78, 5) is 12.1. The third kappa shape index (κ3) is 5.11. The molecule has 0 saturated heterocycles. The van der Waals surface area contributed by atoms with Gasteiger partial charge in [0.05, 0.1) is 6.04 Å². The largest absolute Gasteiger partial charge is 0.396 e. The van der Waals surface area contributed by atoms with E-state index in [4.69, 9.17) is 0 Å². The summed E-state index contributed by atoms with van der Waals surface area (Å²) in [5, 5.41) is 15.9. The summed E-state index contributed by atoms with van der Waals surface area (Å²) in [5.41, 5.74) is 0. The van der Waals surface area contributed by atoms with Crippen molar-refractivity contribution in [3.05, 3.63) is 0 Å². The van der Waals surface area contributed by atoms with Crippen LogP contribution in [0.2, 0.25) is 0 Å². The lowest BCUT2D eigenvalue weighted by atomic mass is 9.84. The zero-order valence-electron chi connectivity index (χ0n) is 12.6. The Hall–Kier alpha value is -0.610. The topological polar surface area (TPSA) is 61.4 Å². The molecule has 1 aliphatic rings. The van der Waals surface area contributed by atoms with Crippen molar-refractivity contribution in [2.24, 2.45) is 5.92 Å². The van der Waals surface area contributed by atoms with E-state index >= 15 is 0 Å². The van der Waals surface area contributed by atoms with Crippen LogP contribution in [0.3, 0.4) is 0 Å². The van der Waals surface area contributed by atoms with Gasteiger partial charge in [-0.1, -0.05) is 26.7 Å². The molecule has 1 aliphatic carbocycles. The van der Waals surface area contributed by atoms with Gasteiger partial charge in [-0.05, 0) is 38.5 Å². The zero-order valence-corrected chi connectivity index (χ0v) is 12.6. The van der Waals surface area contributed by atoms with Gasteiger partial charge in [0, 0.05) is 18.7 Å². The number of hydrogen-bond donors (Lipinski definition) is 3. The predicted octanol–water partition coefficient (Wildman–Crippen LogP) is 1.82. The average molecular weight is 270 g/mol. The molecule has 3 N–H and O–H groups in total. The van der Waals surface area contributed by atoms with Crippen molar-refractivity contribution in [2.75, 3.05) is 6.61 Å². The highest BCUT2D eigenvalue weighted by molar-refractivity contribution is 5.81. The molecule has 4 heteroatoms. The standard InChI is InChI=1S/C15H30N2O2/c1-4-13(5-2)17-15(19)11(3)16-14-9-7-6-8-12(14)10-18/h11-14,16,18H,4-10H2,1-3H3,(H,17,19). The highest BCUT2D eigenvalue weighted by atomic mass is 16.3. The first kappa shape index (κ1) is 16.4. The van der Waals surface area contributed by atoms with Crippen molar-refractivity contribution >= 4 is 5.91 Å². The summed E-state index contributed by atoms with van der Waals surface area (Å²) in [6, 6.07) is 0.371. The van der Waals surface area contributed by atoms with Crippen LogP contribution in [-0.4, -0.2) is 35.7 Å². The molecule has 1 amide bonds. The lowest BCUT2D eigenvalue weighted by molar-refractivity contribution is -0.123. The minimum absolute atomic E-state index is 0.0796. The van der Waals surface area contributed by atoms with E-state index in [0.717, 1.165) is 25.7 Å². The fourth-order valence-corrected chi connectivity index (χ4v) is 2.86.